The second-order valence-electron chi connectivity index (χ2n) is 4.96. The summed E-state index contributed by atoms with van der Waals surface area (Å²) in [6.45, 7) is 1.89. The van der Waals surface area contributed by atoms with Crippen molar-refractivity contribution in [1.29, 1.82) is 0 Å². The fourth-order valence-electron chi connectivity index (χ4n) is 2.40. The van der Waals surface area contributed by atoms with E-state index in [1.807, 2.05) is 19.1 Å². The van der Waals surface area contributed by atoms with E-state index >= 15 is 0 Å². The molecule has 2 aromatic carbocycles. The fourth-order valence-corrected chi connectivity index (χ4v) is 2.79. The lowest BCUT2D eigenvalue weighted by Gasteiger charge is -2.10. The normalized spacial score (nSPS) is 10.9. The Hall–Kier alpha value is -2.10. The second-order valence-corrected chi connectivity index (χ2v) is 5.80. The van der Waals surface area contributed by atoms with Gasteiger partial charge in [-0.15, -0.1) is 0 Å². The third kappa shape index (κ3) is 2.54. The molecule has 0 aliphatic heterocycles. The highest BCUT2D eigenvalue weighted by Gasteiger charge is 2.15. The molecule has 1 N–H and O–H groups in total. The number of nitrogens with zero attached hydrogens (tertiary/aromatic N) is 1. The summed E-state index contributed by atoms with van der Waals surface area (Å²) in [5.41, 5.74) is 2.85. The van der Waals surface area contributed by atoms with Crippen LogP contribution in [0.3, 0.4) is 0 Å². The van der Waals surface area contributed by atoms with Crippen LogP contribution in [-0.2, 0) is 0 Å². The van der Waals surface area contributed by atoms with E-state index in [0.29, 0.717) is 32.2 Å². The number of hydrogen-bond donors (Lipinski definition) is 1. The maximum absolute atomic E-state index is 11.6. The van der Waals surface area contributed by atoms with Crippen molar-refractivity contribution in [3.8, 4) is 11.3 Å². The molecule has 3 aromatic rings. The maximum Gasteiger partial charge on any atom is 0.336 e. The summed E-state index contributed by atoms with van der Waals surface area (Å²) < 4.78 is 0. The minimum Gasteiger partial charge on any atom is -0.478 e. The van der Waals surface area contributed by atoms with Crippen molar-refractivity contribution in [2.45, 2.75) is 6.92 Å². The predicted molar refractivity (Wildman–Crippen MR) is 88.9 cm³/mol. The number of aryl methyl sites for hydroxylation is 1. The Labute approximate surface area is 137 Å². The maximum atomic E-state index is 11.6. The number of carboxylic acid groups (broad SMARTS) is 1. The van der Waals surface area contributed by atoms with Crippen molar-refractivity contribution >= 4 is 40.1 Å². The predicted octanol–water partition coefficient (Wildman–Crippen LogP) is 5.22. The molecule has 22 heavy (non-hydrogen) atoms. The van der Waals surface area contributed by atoms with Gasteiger partial charge in [-0.05, 0) is 36.8 Å². The van der Waals surface area contributed by atoms with Crippen LogP contribution in [0.15, 0.2) is 42.5 Å². The summed E-state index contributed by atoms with van der Waals surface area (Å²) in [6, 6.07) is 12.0. The first-order chi connectivity index (χ1) is 10.5. The van der Waals surface area contributed by atoms with Gasteiger partial charge in [0, 0.05) is 16.0 Å². The summed E-state index contributed by atoms with van der Waals surface area (Å²) in [5.74, 6) is -1.00. The summed E-state index contributed by atoms with van der Waals surface area (Å²) in [4.78, 5) is 16.2. The second kappa shape index (κ2) is 5.59. The van der Waals surface area contributed by atoms with Gasteiger partial charge in [-0.25, -0.2) is 9.78 Å². The van der Waals surface area contributed by atoms with Gasteiger partial charge in [-0.1, -0.05) is 41.4 Å². The van der Waals surface area contributed by atoms with Crippen LogP contribution in [0.5, 0.6) is 0 Å². The van der Waals surface area contributed by atoms with Gasteiger partial charge < -0.3 is 5.11 Å². The number of pyridine rings is 1. The summed E-state index contributed by atoms with van der Waals surface area (Å²) >= 11 is 12.2. The molecule has 5 heteroatoms. The van der Waals surface area contributed by atoms with Gasteiger partial charge in [0.2, 0.25) is 0 Å². The van der Waals surface area contributed by atoms with E-state index in [-0.39, 0.29) is 5.56 Å². The summed E-state index contributed by atoms with van der Waals surface area (Å²) in [6.07, 6.45) is 0. The number of benzene rings is 2. The average molecular weight is 332 g/mol. The third-order valence-electron chi connectivity index (χ3n) is 3.48. The standard InChI is InChI=1S/C17H11Cl2NO2/c1-9-3-2-4-11-12(17(21)22)8-15(20-16(9)11)13-7-10(18)5-6-14(13)19/h2-8H,1H3,(H,21,22). The van der Waals surface area contributed by atoms with E-state index < -0.39 is 5.97 Å². The van der Waals surface area contributed by atoms with Crippen LogP contribution in [0.2, 0.25) is 10.0 Å². The fraction of sp³-hybridized carbons (Fsp3) is 0.0588. The number of para-hydroxylation sites is 1. The molecule has 1 heterocycles. The van der Waals surface area contributed by atoms with Gasteiger partial charge in [0.15, 0.2) is 0 Å². The third-order valence-corrected chi connectivity index (χ3v) is 4.04. The quantitative estimate of drug-likeness (QED) is 0.700. The van der Waals surface area contributed by atoms with E-state index in [1.165, 1.54) is 6.07 Å². The van der Waals surface area contributed by atoms with Crippen LogP contribution in [0.4, 0.5) is 0 Å². The van der Waals surface area contributed by atoms with Crippen molar-refractivity contribution < 1.29 is 9.90 Å². The van der Waals surface area contributed by atoms with Gasteiger partial charge in [-0.3, -0.25) is 0 Å². The first-order valence-corrected chi connectivity index (χ1v) is 7.32. The van der Waals surface area contributed by atoms with Crippen molar-refractivity contribution in [2.24, 2.45) is 0 Å². The number of carboxylic acids is 1. The van der Waals surface area contributed by atoms with Crippen molar-refractivity contribution in [3.63, 3.8) is 0 Å². The lowest BCUT2D eigenvalue weighted by atomic mass is 10.0. The van der Waals surface area contributed by atoms with E-state index in [2.05, 4.69) is 4.98 Å². The molecule has 0 saturated carbocycles. The Bertz CT molecular complexity index is 907. The molecule has 3 rings (SSSR count). The smallest absolute Gasteiger partial charge is 0.336 e. The number of hydrogen-bond acceptors (Lipinski definition) is 2. The van der Waals surface area contributed by atoms with Crippen LogP contribution in [0.1, 0.15) is 15.9 Å². The molecule has 0 unspecified atom stereocenters. The molecule has 110 valence electrons. The lowest BCUT2D eigenvalue weighted by Crippen LogP contribution is -2.01. The minimum atomic E-state index is -1.00. The highest BCUT2D eigenvalue weighted by molar-refractivity contribution is 6.35. The Balaban J connectivity index is 2.38. The number of aromatic carboxylic acids is 1. The molecular formula is C17H11Cl2NO2. The Morgan fingerprint density at radius 1 is 1.14 bits per heavy atom. The number of carbonyl (C=O) groups is 1. The number of halogens is 2. The average Bonchev–Trinajstić information content (AvgIpc) is 2.49. The molecule has 0 fully saturated rings. The lowest BCUT2D eigenvalue weighted by molar-refractivity contribution is 0.0699. The Morgan fingerprint density at radius 3 is 2.64 bits per heavy atom. The van der Waals surface area contributed by atoms with Crippen LogP contribution >= 0.6 is 23.2 Å². The highest BCUT2D eigenvalue weighted by atomic mass is 35.5. The van der Waals surface area contributed by atoms with Gasteiger partial charge in [0.1, 0.15) is 0 Å². The van der Waals surface area contributed by atoms with Crippen LogP contribution in [0.25, 0.3) is 22.2 Å². The molecule has 0 aliphatic carbocycles. The largest absolute Gasteiger partial charge is 0.478 e. The number of rotatable bonds is 2. The van der Waals surface area contributed by atoms with Gasteiger partial charge in [0.25, 0.3) is 0 Å². The van der Waals surface area contributed by atoms with Crippen LogP contribution < -0.4 is 0 Å². The molecule has 1 aromatic heterocycles. The van der Waals surface area contributed by atoms with Gasteiger partial charge in [0.05, 0.1) is 21.8 Å². The summed E-state index contributed by atoms with van der Waals surface area (Å²) in [5, 5.41) is 11.1. The molecule has 0 saturated heterocycles. The topological polar surface area (TPSA) is 50.2 Å². The zero-order valence-corrected chi connectivity index (χ0v) is 13.1. The first-order valence-electron chi connectivity index (χ1n) is 6.56. The van der Waals surface area contributed by atoms with E-state index in [0.717, 1.165) is 5.56 Å². The molecule has 3 nitrogen and oxygen atoms in total. The minimum absolute atomic E-state index is 0.194. The molecule has 0 bridgehead atoms. The van der Waals surface area contributed by atoms with Crippen LogP contribution in [-0.4, -0.2) is 16.1 Å². The first kappa shape index (κ1) is 14.8. The van der Waals surface area contributed by atoms with Gasteiger partial charge >= 0.3 is 5.97 Å². The summed E-state index contributed by atoms with van der Waals surface area (Å²) in [7, 11) is 0. The zero-order chi connectivity index (χ0) is 15.9. The van der Waals surface area contributed by atoms with Gasteiger partial charge in [-0.2, -0.15) is 0 Å². The van der Waals surface area contributed by atoms with E-state index in [1.54, 1.807) is 24.3 Å². The molecule has 0 atom stereocenters. The van der Waals surface area contributed by atoms with E-state index in [9.17, 15) is 9.90 Å². The molecule has 0 amide bonds. The SMILES string of the molecule is Cc1cccc2c(C(=O)O)cc(-c3cc(Cl)ccc3Cl)nc12. The highest BCUT2D eigenvalue weighted by Crippen LogP contribution is 2.32. The van der Waals surface area contributed by atoms with E-state index in [4.69, 9.17) is 23.2 Å². The molecular weight excluding hydrogens is 321 g/mol. The number of aromatic nitrogens is 1. The Kier molecular flexibility index (Phi) is 3.77. The molecule has 0 aliphatic rings. The van der Waals surface area contributed by atoms with Crippen molar-refractivity contribution in [3.05, 3.63) is 63.6 Å². The molecule has 0 spiro atoms. The Morgan fingerprint density at radius 2 is 1.91 bits per heavy atom. The zero-order valence-electron chi connectivity index (χ0n) is 11.6. The van der Waals surface area contributed by atoms with Crippen molar-refractivity contribution in [1.82, 2.24) is 4.98 Å². The van der Waals surface area contributed by atoms with Crippen molar-refractivity contribution in [2.75, 3.05) is 0 Å². The van der Waals surface area contributed by atoms with Crippen LogP contribution in [0, 0.1) is 6.92 Å². The monoisotopic (exact) mass is 331 g/mol. The molecule has 0 radical (unpaired) electrons. The number of fused-ring (bicyclic) bond motifs is 1.